The van der Waals surface area contributed by atoms with Crippen LogP contribution in [0.2, 0.25) is 0 Å². The highest BCUT2D eigenvalue weighted by atomic mass is 32.2. The van der Waals surface area contributed by atoms with Crippen LogP contribution in [0.1, 0.15) is 5.56 Å². The average molecular weight is 327 g/mol. The van der Waals surface area contributed by atoms with Crippen LogP contribution in [0.25, 0.3) is 6.08 Å². The second-order valence-corrected chi connectivity index (χ2v) is 6.22. The molecule has 0 radical (unpaired) electrons. The first-order valence-electron chi connectivity index (χ1n) is 7.32. The number of carbonyl (C=O) groups excluding carboxylic acids is 1. The fourth-order valence-electron chi connectivity index (χ4n) is 2.08. The Morgan fingerprint density at radius 1 is 1.22 bits per heavy atom. The van der Waals surface area contributed by atoms with E-state index in [9.17, 15) is 4.79 Å². The van der Waals surface area contributed by atoms with Crippen LogP contribution in [-0.4, -0.2) is 43.2 Å². The maximum Gasteiger partial charge on any atom is 0.267 e. The lowest BCUT2D eigenvalue weighted by Crippen LogP contribution is -2.29. The highest BCUT2D eigenvalue weighted by molar-refractivity contribution is 8.18. The number of benzene rings is 1. The molecule has 0 aromatic heterocycles. The Hall–Kier alpha value is -2.27. The number of rotatable bonds is 6. The molecule has 1 amide bonds. The van der Waals surface area contributed by atoms with E-state index in [4.69, 9.17) is 0 Å². The second-order valence-electron chi connectivity index (χ2n) is 5.21. The summed E-state index contributed by atoms with van der Waals surface area (Å²) in [5.74, 6) is -0.0330. The van der Waals surface area contributed by atoms with E-state index < -0.39 is 0 Å². The number of amidine groups is 1. The van der Waals surface area contributed by atoms with Gasteiger partial charge in [0.05, 0.1) is 11.4 Å². The topological polar surface area (TPSA) is 35.9 Å². The molecule has 0 aliphatic carbocycles. The van der Waals surface area contributed by atoms with Crippen LogP contribution in [-0.2, 0) is 4.79 Å². The van der Waals surface area contributed by atoms with Gasteiger partial charge >= 0.3 is 0 Å². The molecular formula is C18H21N3OS. The Morgan fingerprint density at radius 3 is 2.48 bits per heavy atom. The molecule has 1 saturated heterocycles. The van der Waals surface area contributed by atoms with Gasteiger partial charge in [-0.2, -0.15) is 0 Å². The predicted molar refractivity (Wildman–Crippen MR) is 101 cm³/mol. The fourth-order valence-corrected chi connectivity index (χ4v) is 3.07. The number of aliphatic imine (C=N–C) groups is 1. The van der Waals surface area contributed by atoms with Crippen molar-refractivity contribution in [3.05, 3.63) is 60.0 Å². The summed E-state index contributed by atoms with van der Waals surface area (Å²) in [5, 5.41) is 0.700. The number of amides is 1. The lowest BCUT2D eigenvalue weighted by molar-refractivity contribution is -0.121. The molecule has 0 bridgehead atoms. The van der Waals surface area contributed by atoms with E-state index in [0.717, 1.165) is 11.3 Å². The number of nitrogens with zero attached hydrogens (tertiary/aromatic N) is 3. The molecule has 1 fully saturated rings. The van der Waals surface area contributed by atoms with Crippen molar-refractivity contribution in [3.8, 4) is 0 Å². The standard InChI is InChI=1S/C18H21N3OS/c1-5-11-19-18-21(12-6-2)17(22)16(23-18)13-14-7-9-15(10-8-14)20(3)4/h5-10,13H,1-2,11-12H2,3-4H3/b16-13-,19-18-. The minimum Gasteiger partial charge on any atom is -0.378 e. The molecule has 0 N–H and O–H groups in total. The number of carbonyl (C=O) groups is 1. The average Bonchev–Trinajstić information content (AvgIpc) is 2.82. The van der Waals surface area contributed by atoms with Gasteiger partial charge in [-0.25, -0.2) is 0 Å². The Balaban J connectivity index is 2.26. The molecule has 0 atom stereocenters. The van der Waals surface area contributed by atoms with E-state index in [1.165, 1.54) is 11.8 Å². The lowest BCUT2D eigenvalue weighted by atomic mass is 10.2. The Labute approximate surface area is 141 Å². The van der Waals surface area contributed by atoms with Crippen LogP contribution in [0, 0.1) is 0 Å². The number of hydrogen-bond acceptors (Lipinski definition) is 4. The molecule has 4 nitrogen and oxygen atoms in total. The maximum atomic E-state index is 12.5. The Morgan fingerprint density at radius 2 is 1.91 bits per heavy atom. The van der Waals surface area contributed by atoms with Gasteiger partial charge in [0.15, 0.2) is 5.17 Å². The minimum atomic E-state index is -0.0330. The van der Waals surface area contributed by atoms with Crippen LogP contribution in [0.15, 0.2) is 59.5 Å². The molecule has 0 spiro atoms. The molecule has 5 heteroatoms. The zero-order valence-electron chi connectivity index (χ0n) is 13.5. The summed E-state index contributed by atoms with van der Waals surface area (Å²) in [4.78, 5) is 21.3. The third kappa shape index (κ3) is 4.13. The van der Waals surface area contributed by atoms with Crippen molar-refractivity contribution in [2.24, 2.45) is 4.99 Å². The van der Waals surface area contributed by atoms with E-state index in [0.29, 0.717) is 23.2 Å². The first-order chi connectivity index (χ1) is 11.1. The summed E-state index contributed by atoms with van der Waals surface area (Å²) in [6.45, 7) is 8.32. The summed E-state index contributed by atoms with van der Waals surface area (Å²) >= 11 is 1.39. The summed E-state index contributed by atoms with van der Waals surface area (Å²) in [7, 11) is 4.00. The van der Waals surface area contributed by atoms with Gasteiger partial charge in [-0.3, -0.25) is 14.7 Å². The molecule has 0 saturated carbocycles. The summed E-state index contributed by atoms with van der Waals surface area (Å²) in [6.07, 6.45) is 5.32. The van der Waals surface area contributed by atoms with Gasteiger partial charge in [0.25, 0.3) is 5.91 Å². The quantitative estimate of drug-likeness (QED) is 0.593. The van der Waals surface area contributed by atoms with Crippen molar-refractivity contribution in [1.29, 1.82) is 0 Å². The zero-order valence-corrected chi connectivity index (χ0v) is 14.3. The third-order valence-corrected chi connectivity index (χ3v) is 4.31. The van der Waals surface area contributed by atoms with E-state index in [1.807, 2.05) is 49.3 Å². The smallest absolute Gasteiger partial charge is 0.267 e. The molecule has 2 rings (SSSR count). The molecule has 1 aliphatic rings. The second kappa shape index (κ2) is 7.83. The van der Waals surface area contributed by atoms with Crippen molar-refractivity contribution >= 4 is 34.6 Å². The van der Waals surface area contributed by atoms with Crippen LogP contribution < -0.4 is 4.90 Å². The van der Waals surface area contributed by atoms with Gasteiger partial charge in [0, 0.05) is 26.3 Å². The SMILES string of the molecule is C=CC/N=C1\S/C(=C\c2ccc(N(C)C)cc2)C(=O)N1CC=C. The molecule has 1 aliphatic heterocycles. The molecule has 0 unspecified atom stereocenters. The van der Waals surface area contributed by atoms with Gasteiger partial charge in [-0.15, -0.1) is 13.2 Å². The molecule has 1 aromatic rings. The van der Waals surface area contributed by atoms with Gasteiger partial charge in [-0.1, -0.05) is 24.3 Å². The first kappa shape index (κ1) is 17.1. The van der Waals surface area contributed by atoms with Crippen LogP contribution >= 0.6 is 11.8 Å². The highest BCUT2D eigenvalue weighted by Crippen LogP contribution is 2.32. The number of thioether (sulfide) groups is 1. The van der Waals surface area contributed by atoms with E-state index in [1.54, 1.807) is 17.1 Å². The molecule has 23 heavy (non-hydrogen) atoms. The van der Waals surface area contributed by atoms with Gasteiger partial charge in [0.1, 0.15) is 0 Å². The van der Waals surface area contributed by atoms with Crippen LogP contribution in [0.3, 0.4) is 0 Å². The molecule has 1 aromatic carbocycles. The van der Waals surface area contributed by atoms with Crippen LogP contribution in [0.5, 0.6) is 0 Å². The number of hydrogen-bond donors (Lipinski definition) is 0. The highest BCUT2D eigenvalue weighted by Gasteiger charge is 2.32. The summed E-state index contributed by atoms with van der Waals surface area (Å²) in [6, 6.07) is 8.08. The molecule has 1 heterocycles. The number of anilines is 1. The summed E-state index contributed by atoms with van der Waals surface area (Å²) in [5.41, 5.74) is 2.12. The lowest BCUT2D eigenvalue weighted by Gasteiger charge is -2.12. The van der Waals surface area contributed by atoms with E-state index >= 15 is 0 Å². The molecular weight excluding hydrogens is 306 g/mol. The normalized spacial score (nSPS) is 17.8. The minimum absolute atomic E-state index is 0.0330. The van der Waals surface area contributed by atoms with Crippen molar-refractivity contribution < 1.29 is 4.79 Å². The fraction of sp³-hybridized carbons (Fsp3) is 0.222. The first-order valence-corrected chi connectivity index (χ1v) is 8.13. The third-order valence-electron chi connectivity index (χ3n) is 3.26. The Kier molecular flexibility index (Phi) is 5.82. The van der Waals surface area contributed by atoms with E-state index in [-0.39, 0.29) is 5.91 Å². The van der Waals surface area contributed by atoms with Gasteiger partial charge < -0.3 is 4.90 Å². The monoisotopic (exact) mass is 327 g/mol. The Bertz CT molecular complexity index is 659. The van der Waals surface area contributed by atoms with Crippen molar-refractivity contribution in [2.75, 3.05) is 32.1 Å². The maximum absolute atomic E-state index is 12.5. The van der Waals surface area contributed by atoms with Crippen molar-refractivity contribution in [1.82, 2.24) is 4.90 Å². The molecule has 120 valence electrons. The summed E-state index contributed by atoms with van der Waals surface area (Å²) < 4.78 is 0. The van der Waals surface area contributed by atoms with E-state index in [2.05, 4.69) is 18.2 Å². The van der Waals surface area contributed by atoms with Crippen molar-refractivity contribution in [3.63, 3.8) is 0 Å². The largest absolute Gasteiger partial charge is 0.378 e. The zero-order chi connectivity index (χ0) is 16.8. The van der Waals surface area contributed by atoms with Gasteiger partial charge in [-0.05, 0) is 35.5 Å². The van der Waals surface area contributed by atoms with Crippen LogP contribution in [0.4, 0.5) is 5.69 Å². The van der Waals surface area contributed by atoms with Crippen molar-refractivity contribution in [2.45, 2.75) is 0 Å². The predicted octanol–water partition coefficient (Wildman–Crippen LogP) is 3.40. The van der Waals surface area contributed by atoms with Gasteiger partial charge in [0.2, 0.25) is 0 Å².